The van der Waals surface area contributed by atoms with E-state index in [1.807, 2.05) is 11.7 Å². The minimum Gasteiger partial charge on any atom is -0.481 e. The second-order valence-electron chi connectivity index (χ2n) is 5.31. The average molecular weight is 250 g/mol. The Balaban J connectivity index is 2.16. The number of hydrogen-bond acceptors (Lipinski definition) is 2. The van der Waals surface area contributed by atoms with Gasteiger partial charge in [0.1, 0.15) is 0 Å². The summed E-state index contributed by atoms with van der Waals surface area (Å²) in [6, 6.07) is 0. The Bertz CT molecular complexity index is 431. The van der Waals surface area contributed by atoms with Crippen LogP contribution in [0.4, 0.5) is 0 Å². The molecule has 0 bridgehead atoms. The minimum absolute atomic E-state index is 0.185. The number of aryl methyl sites for hydroxylation is 1. The Hall–Kier alpha value is -1.32. The van der Waals surface area contributed by atoms with Gasteiger partial charge in [0.05, 0.1) is 12.1 Å². The van der Waals surface area contributed by atoms with Crippen LogP contribution in [0.5, 0.6) is 0 Å². The Morgan fingerprint density at radius 2 is 2.06 bits per heavy atom. The molecule has 1 aromatic heterocycles. The number of nitrogens with zero attached hydrogens (tertiary/aromatic N) is 2. The summed E-state index contributed by atoms with van der Waals surface area (Å²) in [5.41, 5.74) is 3.50. The fourth-order valence-corrected chi connectivity index (χ4v) is 3.03. The van der Waals surface area contributed by atoms with Crippen molar-refractivity contribution in [3.8, 4) is 0 Å². The number of rotatable bonds is 4. The van der Waals surface area contributed by atoms with E-state index in [9.17, 15) is 4.79 Å². The minimum atomic E-state index is -0.741. The van der Waals surface area contributed by atoms with Gasteiger partial charge in [0.2, 0.25) is 0 Å². The van der Waals surface area contributed by atoms with E-state index in [2.05, 4.69) is 12.0 Å². The molecule has 0 radical (unpaired) electrons. The second-order valence-corrected chi connectivity index (χ2v) is 5.31. The predicted molar refractivity (Wildman–Crippen MR) is 69.7 cm³/mol. The maximum Gasteiger partial charge on any atom is 0.303 e. The topological polar surface area (TPSA) is 55.1 Å². The molecule has 1 saturated carbocycles. The lowest BCUT2D eigenvalue weighted by Gasteiger charge is -2.20. The van der Waals surface area contributed by atoms with E-state index in [4.69, 9.17) is 5.11 Å². The van der Waals surface area contributed by atoms with Gasteiger partial charge in [0, 0.05) is 25.1 Å². The summed E-state index contributed by atoms with van der Waals surface area (Å²) in [5.74, 6) is -0.154. The highest BCUT2D eigenvalue weighted by molar-refractivity contribution is 5.67. The molecule has 0 unspecified atom stereocenters. The third-order valence-corrected chi connectivity index (χ3v) is 4.03. The first kappa shape index (κ1) is 13.1. The lowest BCUT2D eigenvalue weighted by atomic mass is 9.85. The molecular formula is C14H22N2O2. The van der Waals surface area contributed by atoms with Crippen molar-refractivity contribution >= 4 is 5.97 Å². The van der Waals surface area contributed by atoms with Gasteiger partial charge in [-0.3, -0.25) is 9.48 Å². The van der Waals surface area contributed by atoms with Gasteiger partial charge in [0.15, 0.2) is 0 Å². The van der Waals surface area contributed by atoms with Crippen molar-refractivity contribution in [3.63, 3.8) is 0 Å². The Morgan fingerprint density at radius 3 is 2.67 bits per heavy atom. The van der Waals surface area contributed by atoms with Crippen molar-refractivity contribution < 1.29 is 9.90 Å². The van der Waals surface area contributed by atoms with E-state index < -0.39 is 5.97 Å². The van der Waals surface area contributed by atoms with E-state index in [0.717, 1.165) is 5.69 Å². The summed E-state index contributed by atoms with van der Waals surface area (Å²) in [6.07, 6.45) is 7.17. The van der Waals surface area contributed by atoms with Gasteiger partial charge in [0.25, 0.3) is 0 Å². The van der Waals surface area contributed by atoms with Crippen LogP contribution in [0.1, 0.15) is 61.4 Å². The number of carbonyl (C=O) groups is 1. The fourth-order valence-electron chi connectivity index (χ4n) is 3.03. The molecule has 1 heterocycles. The number of carboxylic acids is 1. The van der Waals surface area contributed by atoms with Crippen molar-refractivity contribution in [2.45, 2.75) is 57.8 Å². The second kappa shape index (κ2) is 5.55. The molecule has 1 N–H and O–H groups in total. The fraction of sp³-hybridized carbons (Fsp3) is 0.714. The SMILES string of the molecule is Cc1c(C2CCCCC2)nn(C)c1CCC(=O)O. The zero-order valence-electron chi connectivity index (χ0n) is 11.3. The summed E-state index contributed by atoms with van der Waals surface area (Å²) in [6.45, 7) is 2.09. The summed E-state index contributed by atoms with van der Waals surface area (Å²) in [5, 5.41) is 13.4. The van der Waals surface area contributed by atoms with Crippen LogP contribution in [0.3, 0.4) is 0 Å². The number of carboxylic acid groups (broad SMARTS) is 1. The smallest absolute Gasteiger partial charge is 0.303 e. The first-order valence-electron chi connectivity index (χ1n) is 6.83. The van der Waals surface area contributed by atoms with E-state index in [1.165, 1.54) is 43.4 Å². The largest absolute Gasteiger partial charge is 0.481 e. The summed E-state index contributed by atoms with van der Waals surface area (Å²) < 4.78 is 1.88. The van der Waals surface area contributed by atoms with E-state index in [-0.39, 0.29) is 6.42 Å². The molecular weight excluding hydrogens is 228 g/mol. The number of aromatic nitrogens is 2. The maximum absolute atomic E-state index is 10.7. The van der Waals surface area contributed by atoms with Gasteiger partial charge in [-0.15, -0.1) is 0 Å². The Labute approximate surface area is 108 Å². The van der Waals surface area contributed by atoms with Crippen molar-refractivity contribution in [1.29, 1.82) is 0 Å². The first-order valence-corrected chi connectivity index (χ1v) is 6.83. The highest BCUT2D eigenvalue weighted by Crippen LogP contribution is 2.34. The van der Waals surface area contributed by atoms with Crippen LogP contribution in [0.2, 0.25) is 0 Å². The molecule has 0 aliphatic heterocycles. The van der Waals surface area contributed by atoms with Gasteiger partial charge >= 0.3 is 5.97 Å². The molecule has 0 atom stereocenters. The quantitative estimate of drug-likeness (QED) is 0.894. The third kappa shape index (κ3) is 2.74. The normalized spacial score (nSPS) is 17.0. The van der Waals surface area contributed by atoms with Crippen molar-refractivity contribution in [2.24, 2.45) is 7.05 Å². The van der Waals surface area contributed by atoms with E-state index >= 15 is 0 Å². The van der Waals surface area contributed by atoms with Gasteiger partial charge in [-0.2, -0.15) is 5.10 Å². The van der Waals surface area contributed by atoms with Crippen LogP contribution in [0.25, 0.3) is 0 Å². The predicted octanol–water partition coefficient (Wildman–Crippen LogP) is 2.79. The molecule has 0 saturated heterocycles. The van der Waals surface area contributed by atoms with Crippen LogP contribution >= 0.6 is 0 Å². The monoisotopic (exact) mass is 250 g/mol. The molecule has 4 nitrogen and oxygen atoms in total. The summed E-state index contributed by atoms with van der Waals surface area (Å²) in [4.78, 5) is 10.7. The van der Waals surface area contributed by atoms with Crippen LogP contribution < -0.4 is 0 Å². The molecule has 0 amide bonds. The van der Waals surface area contributed by atoms with Crippen LogP contribution in [-0.4, -0.2) is 20.9 Å². The van der Waals surface area contributed by atoms with E-state index in [1.54, 1.807) is 0 Å². The average Bonchev–Trinajstić information content (AvgIpc) is 2.63. The highest BCUT2D eigenvalue weighted by Gasteiger charge is 2.22. The Morgan fingerprint density at radius 1 is 1.39 bits per heavy atom. The molecule has 0 spiro atoms. The summed E-state index contributed by atoms with van der Waals surface area (Å²) in [7, 11) is 1.93. The van der Waals surface area contributed by atoms with Crippen molar-refractivity contribution in [2.75, 3.05) is 0 Å². The number of aliphatic carboxylic acids is 1. The molecule has 0 aromatic carbocycles. The van der Waals surface area contributed by atoms with Crippen LogP contribution in [0.15, 0.2) is 0 Å². The molecule has 1 aliphatic rings. The first-order chi connectivity index (χ1) is 8.59. The molecule has 18 heavy (non-hydrogen) atoms. The summed E-state index contributed by atoms with van der Waals surface area (Å²) >= 11 is 0. The number of hydrogen-bond donors (Lipinski definition) is 1. The molecule has 100 valence electrons. The van der Waals surface area contributed by atoms with Gasteiger partial charge in [-0.1, -0.05) is 19.3 Å². The van der Waals surface area contributed by atoms with Gasteiger partial charge in [-0.05, 0) is 25.3 Å². The van der Waals surface area contributed by atoms with Gasteiger partial charge < -0.3 is 5.11 Å². The van der Waals surface area contributed by atoms with E-state index in [0.29, 0.717) is 12.3 Å². The lowest BCUT2D eigenvalue weighted by molar-refractivity contribution is -0.136. The van der Waals surface area contributed by atoms with Crippen molar-refractivity contribution in [1.82, 2.24) is 9.78 Å². The Kier molecular flexibility index (Phi) is 4.04. The molecule has 1 fully saturated rings. The maximum atomic E-state index is 10.7. The van der Waals surface area contributed by atoms with Crippen LogP contribution in [0, 0.1) is 6.92 Å². The zero-order valence-corrected chi connectivity index (χ0v) is 11.3. The van der Waals surface area contributed by atoms with Crippen molar-refractivity contribution in [3.05, 3.63) is 17.0 Å². The zero-order chi connectivity index (χ0) is 13.1. The molecule has 1 aromatic rings. The molecule has 4 heteroatoms. The van der Waals surface area contributed by atoms with Crippen LogP contribution in [-0.2, 0) is 18.3 Å². The molecule has 2 rings (SSSR count). The third-order valence-electron chi connectivity index (χ3n) is 4.03. The molecule has 1 aliphatic carbocycles. The lowest BCUT2D eigenvalue weighted by Crippen LogP contribution is -2.06. The van der Waals surface area contributed by atoms with Gasteiger partial charge in [-0.25, -0.2) is 0 Å². The standard InChI is InChI=1S/C14H22N2O2/c1-10-12(8-9-13(17)18)16(2)15-14(10)11-6-4-3-5-7-11/h11H,3-9H2,1-2H3,(H,17,18). The highest BCUT2D eigenvalue weighted by atomic mass is 16.4.